The number of para-hydroxylation sites is 2. The van der Waals surface area contributed by atoms with Gasteiger partial charge in [-0.25, -0.2) is 9.97 Å². The van der Waals surface area contributed by atoms with E-state index in [1.165, 1.54) is 4.68 Å². The van der Waals surface area contributed by atoms with E-state index in [9.17, 15) is 4.79 Å². The molecule has 3 N–H and O–H groups in total. The van der Waals surface area contributed by atoms with Crippen LogP contribution in [0.5, 0.6) is 0 Å². The molecule has 2 aromatic heterocycles. The summed E-state index contributed by atoms with van der Waals surface area (Å²) in [5.74, 6) is -0.115. The molecule has 0 radical (unpaired) electrons. The first-order chi connectivity index (χ1) is 15.9. The molecule has 4 aromatic rings. The topological polar surface area (TPSA) is 107 Å². The molecule has 2 aromatic carbocycles. The van der Waals surface area contributed by atoms with E-state index in [0.717, 1.165) is 11.1 Å². The van der Waals surface area contributed by atoms with Crippen LogP contribution in [0, 0.1) is 6.92 Å². The molecule has 0 bridgehead atoms. The fraction of sp³-hybridized carbons (Fsp3) is 0.280. The fourth-order valence-electron chi connectivity index (χ4n) is 3.54. The molecular formula is C25H28N6O2. The summed E-state index contributed by atoms with van der Waals surface area (Å²) in [6.07, 6.45) is 2.55. The molecule has 1 amide bonds. The van der Waals surface area contributed by atoms with E-state index in [1.54, 1.807) is 6.21 Å². The van der Waals surface area contributed by atoms with E-state index < -0.39 is 0 Å². The number of aromatic nitrogens is 3. The highest BCUT2D eigenvalue weighted by atomic mass is 16.5. The number of aryl methyl sites for hydroxylation is 1. The molecule has 8 heteroatoms. The number of nitrogens with two attached hydrogens (primary N) is 1. The van der Waals surface area contributed by atoms with Crippen LogP contribution >= 0.6 is 0 Å². The Hall–Kier alpha value is -3.78. The number of ether oxygens (including phenoxy) is 1. The second kappa shape index (κ2) is 9.79. The lowest BCUT2D eigenvalue weighted by atomic mass is 10.2. The maximum atomic E-state index is 13.1. The standard InChI is InChI=1S/C25H28N6O2/c1-16(2)33-13-7-12-27-25(32)21-22-24(30-20-11-5-4-10-19(20)29-22)31(23(21)26)28-15-18-9-6-8-17(3)14-18/h4-6,8-11,14-16H,7,12-13,26H2,1-3H3,(H,27,32)/b28-15-. The minimum Gasteiger partial charge on any atom is -0.383 e. The number of rotatable bonds is 8. The quantitative estimate of drug-likeness (QED) is 0.317. The summed E-state index contributed by atoms with van der Waals surface area (Å²) < 4.78 is 7.02. The molecule has 8 nitrogen and oxygen atoms in total. The number of carbonyl (C=O) groups is 1. The molecular weight excluding hydrogens is 416 g/mol. The van der Waals surface area contributed by atoms with Gasteiger partial charge < -0.3 is 15.8 Å². The van der Waals surface area contributed by atoms with Crippen molar-refractivity contribution < 1.29 is 9.53 Å². The van der Waals surface area contributed by atoms with Crippen molar-refractivity contribution in [1.29, 1.82) is 0 Å². The van der Waals surface area contributed by atoms with E-state index >= 15 is 0 Å². The van der Waals surface area contributed by atoms with Crippen LogP contribution in [0.25, 0.3) is 22.2 Å². The van der Waals surface area contributed by atoms with Crippen LogP contribution in [0.15, 0.2) is 53.6 Å². The second-order valence-corrected chi connectivity index (χ2v) is 8.14. The zero-order valence-electron chi connectivity index (χ0n) is 19.1. The molecule has 0 atom stereocenters. The fourth-order valence-corrected chi connectivity index (χ4v) is 3.54. The van der Waals surface area contributed by atoms with Gasteiger partial charge in [-0.1, -0.05) is 42.0 Å². The van der Waals surface area contributed by atoms with Gasteiger partial charge in [0, 0.05) is 13.2 Å². The summed E-state index contributed by atoms with van der Waals surface area (Å²) in [5.41, 5.74) is 11.0. The third kappa shape index (κ3) is 5.01. The summed E-state index contributed by atoms with van der Waals surface area (Å²) >= 11 is 0. The Morgan fingerprint density at radius 2 is 1.94 bits per heavy atom. The van der Waals surface area contributed by atoms with Crippen LogP contribution < -0.4 is 11.1 Å². The van der Waals surface area contributed by atoms with Gasteiger partial charge in [0.1, 0.15) is 16.9 Å². The predicted octanol–water partition coefficient (Wildman–Crippen LogP) is 3.90. The zero-order valence-corrected chi connectivity index (χ0v) is 19.1. The van der Waals surface area contributed by atoms with Gasteiger partial charge in [0.05, 0.1) is 23.4 Å². The van der Waals surface area contributed by atoms with E-state index in [4.69, 9.17) is 20.4 Å². The molecule has 0 aliphatic carbocycles. The number of benzene rings is 2. The van der Waals surface area contributed by atoms with Gasteiger partial charge in [-0.2, -0.15) is 9.78 Å². The van der Waals surface area contributed by atoms with Crippen LogP contribution in [-0.4, -0.2) is 46.0 Å². The number of anilines is 1. The lowest BCUT2D eigenvalue weighted by Gasteiger charge is -2.08. The van der Waals surface area contributed by atoms with Crippen molar-refractivity contribution in [2.45, 2.75) is 33.3 Å². The number of hydrogen-bond donors (Lipinski definition) is 2. The van der Waals surface area contributed by atoms with Crippen molar-refractivity contribution in [2.75, 3.05) is 18.9 Å². The number of amides is 1. The monoisotopic (exact) mass is 444 g/mol. The molecule has 0 unspecified atom stereocenters. The Morgan fingerprint density at radius 3 is 2.67 bits per heavy atom. The van der Waals surface area contributed by atoms with Crippen LogP contribution in [0.3, 0.4) is 0 Å². The van der Waals surface area contributed by atoms with Crippen molar-refractivity contribution in [1.82, 2.24) is 20.0 Å². The Labute approximate surface area is 192 Å². The van der Waals surface area contributed by atoms with E-state index in [2.05, 4.69) is 10.4 Å². The Morgan fingerprint density at radius 1 is 1.18 bits per heavy atom. The average Bonchev–Trinajstić information content (AvgIpc) is 3.05. The first-order valence-corrected chi connectivity index (χ1v) is 11.0. The molecule has 2 heterocycles. The number of nitrogens with zero attached hydrogens (tertiary/aromatic N) is 4. The zero-order chi connectivity index (χ0) is 23.4. The molecule has 0 spiro atoms. The van der Waals surface area contributed by atoms with Crippen LogP contribution in [0.4, 0.5) is 5.82 Å². The van der Waals surface area contributed by atoms with Gasteiger partial charge in [0.25, 0.3) is 5.91 Å². The number of nitrogens with one attached hydrogen (secondary N) is 1. The maximum Gasteiger partial charge on any atom is 0.257 e. The molecule has 0 aliphatic heterocycles. The third-order valence-corrected chi connectivity index (χ3v) is 5.12. The first-order valence-electron chi connectivity index (χ1n) is 11.0. The smallest absolute Gasteiger partial charge is 0.257 e. The summed E-state index contributed by atoms with van der Waals surface area (Å²) in [4.78, 5) is 22.5. The molecule has 0 fully saturated rings. The highest BCUT2D eigenvalue weighted by molar-refractivity contribution is 6.10. The summed E-state index contributed by atoms with van der Waals surface area (Å²) in [6, 6.07) is 15.4. The van der Waals surface area contributed by atoms with E-state index in [1.807, 2.05) is 69.3 Å². The van der Waals surface area contributed by atoms with E-state index in [0.29, 0.717) is 41.8 Å². The average molecular weight is 445 g/mol. The Kier molecular flexibility index (Phi) is 6.65. The minimum atomic E-state index is -0.309. The third-order valence-electron chi connectivity index (χ3n) is 5.12. The van der Waals surface area contributed by atoms with Crippen molar-refractivity contribution in [2.24, 2.45) is 5.10 Å². The maximum absolute atomic E-state index is 13.1. The number of carbonyl (C=O) groups excluding carboxylic acids is 1. The number of hydrogen-bond acceptors (Lipinski definition) is 6. The van der Waals surface area contributed by atoms with Crippen molar-refractivity contribution in [3.63, 3.8) is 0 Å². The summed E-state index contributed by atoms with van der Waals surface area (Å²) in [7, 11) is 0. The second-order valence-electron chi connectivity index (χ2n) is 8.14. The van der Waals surface area contributed by atoms with Crippen LogP contribution in [0.2, 0.25) is 0 Å². The summed E-state index contributed by atoms with van der Waals surface area (Å²) in [6.45, 7) is 7.01. The van der Waals surface area contributed by atoms with Crippen molar-refractivity contribution in [3.05, 3.63) is 65.2 Å². The van der Waals surface area contributed by atoms with Gasteiger partial charge in [0.15, 0.2) is 5.65 Å². The van der Waals surface area contributed by atoms with Crippen LogP contribution in [0.1, 0.15) is 41.8 Å². The molecule has 4 rings (SSSR count). The van der Waals surface area contributed by atoms with Gasteiger partial charge >= 0.3 is 0 Å². The molecule has 0 saturated heterocycles. The largest absolute Gasteiger partial charge is 0.383 e. The van der Waals surface area contributed by atoms with Gasteiger partial charge in [-0.15, -0.1) is 0 Å². The Bertz CT molecular complexity index is 1330. The van der Waals surface area contributed by atoms with Gasteiger partial charge in [-0.05, 0) is 44.9 Å². The molecule has 33 heavy (non-hydrogen) atoms. The lowest BCUT2D eigenvalue weighted by Crippen LogP contribution is -2.26. The molecule has 0 aliphatic rings. The number of nitrogen functional groups attached to an aromatic ring is 1. The highest BCUT2D eigenvalue weighted by Gasteiger charge is 2.23. The highest BCUT2D eigenvalue weighted by Crippen LogP contribution is 2.27. The van der Waals surface area contributed by atoms with Crippen LogP contribution in [-0.2, 0) is 4.74 Å². The van der Waals surface area contributed by atoms with Crippen molar-refractivity contribution in [3.8, 4) is 0 Å². The first kappa shape index (κ1) is 22.4. The minimum absolute atomic E-state index is 0.157. The molecule has 170 valence electrons. The lowest BCUT2D eigenvalue weighted by molar-refractivity contribution is 0.0757. The summed E-state index contributed by atoms with van der Waals surface area (Å²) in [5, 5.41) is 7.46. The van der Waals surface area contributed by atoms with Gasteiger partial charge in [0.2, 0.25) is 0 Å². The van der Waals surface area contributed by atoms with Gasteiger partial charge in [-0.3, -0.25) is 4.79 Å². The van der Waals surface area contributed by atoms with E-state index in [-0.39, 0.29) is 23.4 Å². The SMILES string of the molecule is Cc1cccc(/C=N\n2c(N)c(C(=O)NCCCOC(C)C)c3nc4ccccc4nc32)c1. The number of fused-ring (bicyclic) bond motifs is 2. The van der Waals surface area contributed by atoms with Crippen molar-refractivity contribution >= 4 is 40.1 Å². The Balaban J connectivity index is 1.72. The molecule has 0 saturated carbocycles. The predicted molar refractivity (Wildman–Crippen MR) is 132 cm³/mol. The normalized spacial score (nSPS) is 11.8.